The van der Waals surface area contributed by atoms with E-state index in [-0.39, 0.29) is 0 Å². The van der Waals surface area contributed by atoms with E-state index in [9.17, 15) is 0 Å². The van der Waals surface area contributed by atoms with Crippen LogP contribution in [0.5, 0.6) is 0 Å². The summed E-state index contributed by atoms with van der Waals surface area (Å²) in [5.41, 5.74) is 4.75. The van der Waals surface area contributed by atoms with Gasteiger partial charge in [-0.1, -0.05) is 18.2 Å². The zero-order valence-electron chi connectivity index (χ0n) is 8.22. The molecule has 0 N–H and O–H groups in total. The number of rotatable bonds is 2. The highest BCUT2D eigenvalue weighted by Gasteiger charge is 2.28. The predicted octanol–water partition coefficient (Wildman–Crippen LogP) is 3.75. The van der Waals surface area contributed by atoms with Gasteiger partial charge in [-0.05, 0) is 61.1 Å². The van der Waals surface area contributed by atoms with E-state index in [0.29, 0.717) is 0 Å². The molecule has 0 bridgehead atoms. The van der Waals surface area contributed by atoms with Crippen molar-refractivity contribution in [2.24, 2.45) is 0 Å². The molecule has 0 aliphatic heterocycles. The second-order valence-electron chi connectivity index (χ2n) is 4.66. The lowest BCUT2D eigenvalue weighted by Gasteiger charge is -2.06. The Bertz CT molecular complexity index is 330. The highest BCUT2D eigenvalue weighted by molar-refractivity contribution is 5.38. The van der Waals surface area contributed by atoms with E-state index >= 15 is 0 Å². The first-order valence-corrected chi connectivity index (χ1v) is 5.45. The summed E-state index contributed by atoms with van der Waals surface area (Å²) >= 11 is 0. The highest BCUT2D eigenvalue weighted by atomic mass is 14.3. The number of hydrogen-bond donors (Lipinski definition) is 0. The second kappa shape index (κ2) is 2.60. The van der Waals surface area contributed by atoms with Crippen LogP contribution < -0.4 is 0 Å². The number of hydrogen-bond acceptors (Lipinski definition) is 0. The van der Waals surface area contributed by atoms with E-state index in [1.165, 1.54) is 31.2 Å². The molecular formula is C13H16. The fraction of sp³-hybridized carbons (Fsp3) is 0.538. The Morgan fingerprint density at radius 1 is 1.00 bits per heavy atom. The summed E-state index contributed by atoms with van der Waals surface area (Å²) in [6.07, 6.45) is 5.70. The van der Waals surface area contributed by atoms with Gasteiger partial charge in [-0.15, -0.1) is 0 Å². The van der Waals surface area contributed by atoms with Gasteiger partial charge in [0.2, 0.25) is 0 Å². The van der Waals surface area contributed by atoms with Crippen molar-refractivity contribution < 1.29 is 0 Å². The van der Waals surface area contributed by atoms with Crippen LogP contribution in [-0.2, 0) is 0 Å². The summed E-state index contributed by atoms with van der Waals surface area (Å²) in [6.45, 7) is 2.25. The molecule has 0 unspecified atom stereocenters. The zero-order valence-corrected chi connectivity index (χ0v) is 8.22. The Morgan fingerprint density at radius 3 is 2.31 bits per heavy atom. The molecule has 68 valence electrons. The van der Waals surface area contributed by atoms with Crippen LogP contribution >= 0.6 is 0 Å². The van der Waals surface area contributed by atoms with Crippen LogP contribution in [0.25, 0.3) is 0 Å². The average Bonchev–Trinajstić information content (AvgIpc) is 3.00. The van der Waals surface area contributed by atoms with Gasteiger partial charge < -0.3 is 0 Å². The van der Waals surface area contributed by atoms with Crippen LogP contribution in [0.2, 0.25) is 0 Å². The van der Waals surface area contributed by atoms with Crippen LogP contribution in [0, 0.1) is 6.92 Å². The normalized spacial score (nSPS) is 21.9. The molecule has 1 aromatic rings. The minimum Gasteiger partial charge on any atom is -0.0588 e. The fourth-order valence-corrected chi connectivity index (χ4v) is 2.16. The Kier molecular flexibility index (Phi) is 1.52. The van der Waals surface area contributed by atoms with Crippen LogP contribution in [0.15, 0.2) is 18.2 Å². The maximum atomic E-state index is 2.48. The number of benzene rings is 1. The lowest BCUT2D eigenvalue weighted by molar-refractivity contribution is 1.05. The third kappa shape index (κ3) is 1.39. The van der Waals surface area contributed by atoms with Crippen molar-refractivity contribution in [1.29, 1.82) is 0 Å². The minimum absolute atomic E-state index is 0.915. The van der Waals surface area contributed by atoms with Crippen molar-refractivity contribution in [3.63, 3.8) is 0 Å². The molecular weight excluding hydrogens is 156 g/mol. The quantitative estimate of drug-likeness (QED) is 0.637. The molecule has 2 aliphatic rings. The first-order chi connectivity index (χ1) is 6.34. The van der Waals surface area contributed by atoms with Crippen molar-refractivity contribution in [3.05, 3.63) is 34.9 Å². The largest absolute Gasteiger partial charge is 0.0588 e. The SMILES string of the molecule is Cc1ccc(C2CC2)cc1C1CC1. The molecule has 0 heteroatoms. The third-order valence-corrected chi connectivity index (χ3v) is 3.37. The van der Waals surface area contributed by atoms with Gasteiger partial charge in [-0.25, -0.2) is 0 Å². The summed E-state index contributed by atoms with van der Waals surface area (Å²) in [5.74, 6) is 1.83. The Morgan fingerprint density at radius 2 is 1.69 bits per heavy atom. The molecule has 0 radical (unpaired) electrons. The molecule has 2 aliphatic carbocycles. The topological polar surface area (TPSA) is 0 Å². The van der Waals surface area contributed by atoms with Gasteiger partial charge in [0.15, 0.2) is 0 Å². The lowest BCUT2D eigenvalue weighted by Crippen LogP contribution is -1.88. The lowest BCUT2D eigenvalue weighted by atomic mass is 9.99. The Balaban J connectivity index is 1.99. The summed E-state index contributed by atoms with van der Waals surface area (Å²) in [4.78, 5) is 0. The maximum absolute atomic E-state index is 2.48. The van der Waals surface area contributed by atoms with E-state index in [1.54, 1.807) is 11.1 Å². The van der Waals surface area contributed by atoms with Crippen molar-refractivity contribution in [2.75, 3.05) is 0 Å². The van der Waals surface area contributed by atoms with Crippen LogP contribution in [0.4, 0.5) is 0 Å². The van der Waals surface area contributed by atoms with E-state index in [1.807, 2.05) is 0 Å². The van der Waals surface area contributed by atoms with Gasteiger partial charge in [-0.3, -0.25) is 0 Å². The molecule has 0 heterocycles. The van der Waals surface area contributed by atoms with Gasteiger partial charge in [0.25, 0.3) is 0 Å². The predicted molar refractivity (Wildman–Crippen MR) is 55.1 cm³/mol. The van der Waals surface area contributed by atoms with E-state index < -0.39 is 0 Å². The number of aryl methyl sites for hydroxylation is 1. The van der Waals surface area contributed by atoms with Crippen LogP contribution in [0.3, 0.4) is 0 Å². The summed E-state index contributed by atoms with van der Waals surface area (Å²) in [5, 5.41) is 0. The molecule has 0 saturated heterocycles. The molecule has 2 saturated carbocycles. The Labute approximate surface area is 80.0 Å². The molecule has 2 fully saturated rings. The monoisotopic (exact) mass is 172 g/mol. The average molecular weight is 172 g/mol. The molecule has 0 nitrogen and oxygen atoms in total. The summed E-state index contributed by atoms with van der Waals surface area (Å²) in [6, 6.07) is 7.13. The summed E-state index contributed by atoms with van der Waals surface area (Å²) in [7, 11) is 0. The standard InChI is InChI=1S/C13H16/c1-9-2-3-12(10-4-5-10)8-13(9)11-6-7-11/h2-3,8,10-11H,4-7H2,1H3. The zero-order chi connectivity index (χ0) is 8.84. The van der Waals surface area contributed by atoms with Crippen LogP contribution in [0.1, 0.15) is 54.2 Å². The first kappa shape index (κ1) is 7.61. The Hall–Kier alpha value is -0.780. The van der Waals surface area contributed by atoms with E-state index in [4.69, 9.17) is 0 Å². The molecule has 1 aromatic carbocycles. The van der Waals surface area contributed by atoms with Crippen molar-refractivity contribution >= 4 is 0 Å². The highest BCUT2D eigenvalue weighted by Crippen LogP contribution is 2.45. The molecule has 0 amide bonds. The van der Waals surface area contributed by atoms with Crippen molar-refractivity contribution in [3.8, 4) is 0 Å². The van der Waals surface area contributed by atoms with Crippen molar-refractivity contribution in [2.45, 2.75) is 44.4 Å². The first-order valence-electron chi connectivity index (χ1n) is 5.45. The smallest absolute Gasteiger partial charge is 0.0159 e. The minimum atomic E-state index is 0.915. The molecule has 0 atom stereocenters. The summed E-state index contributed by atoms with van der Waals surface area (Å²) < 4.78 is 0. The fourth-order valence-electron chi connectivity index (χ4n) is 2.16. The van der Waals surface area contributed by atoms with E-state index in [0.717, 1.165) is 11.8 Å². The van der Waals surface area contributed by atoms with Crippen LogP contribution in [-0.4, -0.2) is 0 Å². The third-order valence-electron chi connectivity index (χ3n) is 3.37. The van der Waals surface area contributed by atoms with Gasteiger partial charge in [0.1, 0.15) is 0 Å². The van der Waals surface area contributed by atoms with E-state index in [2.05, 4.69) is 25.1 Å². The van der Waals surface area contributed by atoms with Gasteiger partial charge in [0.05, 0.1) is 0 Å². The van der Waals surface area contributed by atoms with Crippen molar-refractivity contribution in [1.82, 2.24) is 0 Å². The van der Waals surface area contributed by atoms with Gasteiger partial charge in [0, 0.05) is 0 Å². The molecule has 3 rings (SSSR count). The molecule has 0 spiro atoms. The molecule has 0 aromatic heterocycles. The maximum Gasteiger partial charge on any atom is -0.0159 e. The van der Waals surface area contributed by atoms with Gasteiger partial charge in [-0.2, -0.15) is 0 Å². The van der Waals surface area contributed by atoms with Gasteiger partial charge >= 0.3 is 0 Å². The second-order valence-corrected chi connectivity index (χ2v) is 4.66. The molecule has 13 heavy (non-hydrogen) atoms.